The quantitative estimate of drug-likeness (QED) is 0.901. The standard InChI is InChI=1S/C17H25N3/c1-13-6-5-9-20(12-13)17(2,18)10-14-11-19-16-8-4-3-7-15(14)16/h3-4,7-8,11,13,19H,5-6,9-10,12,18H2,1-2H3. The van der Waals surface area contributed by atoms with Crippen LogP contribution in [0.1, 0.15) is 32.3 Å². The summed E-state index contributed by atoms with van der Waals surface area (Å²) in [6.07, 6.45) is 5.61. The Morgan fingerprint density at radius 2 is 2.20 bits per heavy atom. The second-order valence-corrected chi connectivity index (χ2v) is 6.59. The molecule has 0 aliphatic carbocycles. The number of nitrogens with two attached hydrogens (primary N) is 1. The normalized spacial score (nSPS) is 23.9. The van der Waals surface area contributed by atoms with Crippen molar-refractivity contribution in [2.24, 2.45) is 11.7 Å². The molecule has 1 aliphatic rings. The Kier molecular flexibility index (Phi) is 3.57. The topological polar surface area (TPSA) is 45.0 Å². The molecule has 0 bridgehead atoms. The fraction of sp³-hybridized carbons (Fsp3) is 0.529. The second-order valence-electron chi connectivity index (χ2n) is 6.59. The van der Waals surface area contributed by atoms with Crippen molar-refractivity contribution in [1.82, 2.24) is 9.88 Å². The van der Waals surface area contributed by atoms with E-state index >= 15 is 0 Å². The van der Waals surface area contributed by atoms with E-state index < -0.39 is 0 Å². The number of benzene rings is 1. The van der Waals surface area contributed by atoms with E-state index in [9.17, 15) is 0 Å². The van der Waals surface area contributed by atoms with Crippen LogP contribution in [0.25, 0.3) is 10.9 Å². The van der Waals surface area contributed by atoms with Crippen LogP contribution in [0.15, 0.2) is 30.5 Å². The third kappa shape index (κ3) is 2.60. The molecule has 0 spiro atoms. The molecule has 20 heavy (non-hydrogen) atoms. The number of hydrogen-bond donors (Lipinski definition) is 2. The number of aromatic amines is 1. The number of H-pyrrole nitrogens is 1. The highest BCUT2D eigenvalue weighted by atomic mass is 15.3. The fourth-order valence-electron chi connectivity index (χ4n) is 3.43. The van der Waals surface area contributed by atoms with Crippen molar-refractivity contribution >= 4 is 10.9 Å². The molecule has 0 radical (unpaired) electrons. The lowest BCUT2D eigenvalue weighted by Crippen LogP contribution is -2.58. The summed E-state index contributed by atoms with van der Waals surface area (Å²) in [4.78, 5) is 5.81. The number of piperidine rings is 1. The minimum Gasteiger partial charge on any atom is -0.361 e. The van der Waals surface area contributed by atoms with E-state index in [0.717, 1.165) is 25.4 Å². The van der Waals surface area contributed by atoms with E-state index in [1.54, 1.807) is 0 Å². The van der Waals surface area contributed by atoms with Gasteiger partial charge in [-0.15, -0.1) is 0 Å². The number of nitrogens with zero attached hydrogens (tertiary/aromatic N) is 1. The van der Waals surface area contributed by atoms with Gasteiger partial charge in [0.1, 0.15) is 0 Å². The first kappa shape index (κ1) is 13.7. The maximum atomic E-state index is 6.65. The maximum absolute atomic E-state index is 6.65. The van der Waals surface area contributed by atoms with Crippen LogP contribution in [0.4, 0.5) is 0 Å². The lowest BCUT2D eigenvalue weighted by atomic mass is 9.93. The molecule has 2 unspecified atom stereocenters. The summed E-state index contributed by atoms with van der Waals surface area (Å²) in [6.45, 7) is 6.75. The van der Waals surface area contributed by atoms with Gasteiger partial charge in [-0.3, -0.25) is 4.90 Å². The van der Waals surface area contributed by atoms with Crippen LogP contribution in [0.2, 0.25) is 0 Å². The molecule has 2 aromatic rings. The molecule has 1 fully saturated rings. The van der Waals surface area contributed by atoms with Crippen LogP contribution in [-0.4, -0.2) is 28.6 Å². The smallest absolute Gasteiger partial charge is 0.0700 e. The Labute approximate surface area is 121 Å². The summed E-state index contributed by atoms with van der Waals surface area (Å²) in [5.74, 6) is 0.759. The van der Waals surface area contributed by atoms with Crippen LogP contribution in [0.3, 0.4) is 0 Å². The van der Waals surface area contributed by atoms with E-state index in [2.05, 4.69) is 54.2 Å². The zero-order chi connectivity index (χ0) is 14.2. The first-order valence-electron chi connectivity index (χ1n) is 7.65. The number of rotatable bonds is 3. The van der Waals surface area contributed by atoms with Gasteiger partial charge in [-0.2, -0.15) is 0 Å². The molecule has 2 heterocycles. The van der Waals surface area contributed by atoms with Gasteiger partial charge < -0.3 is 10.7 Å². The number of para-hydroxylation sites is 1. The molecule has 3 N–H and O–H groups in total. The van der Waals surface area contributed by atoms with Gasteiger partial charge in [-0.25, -0.2) is 0 Å². The average Bonchev–Trinajstić information content (AvgIpc) is 2.82. The summed E-state index contributed by atoms with van der Waals surface area (Å²) in [5.41, 5.74) is 8.91. The summed E-state index contributed by atoms with van der Waals surface area (Å²) >= 11 is 0. The monoisotopic (exact) mass is 271 g/mol. The molecule has 1 aliphatic heterocycles. The minimum atomic E-state index is -0.264. The fourth-order valence-corrected chi connectivity index (χ4v) is 3.43. The third-order valence-corrected chi connectivity index (χ3v) is 4.60. The van der Waals surface area contributed by atoms with E-state index in [-0.39, 0.29) is 5.66 Å². The lowest BCUT2D eigenvalue weighted by molar-refractivity contribution is 0.0629. The zero-order valence-electron chi connectivity index (χ0n) is 12.5. The first-order chi connectivity index (χ1) is 9.56. The Hall–Kier alpha value is -1.32. The molecule has 2 atom stereocenters. The summed E-state index contributed by atoms with van der Waals surface area (Å²) in [7, 11) is 0. The number of fused-ring (bicyclic) bond motifs is 1. The van der Waals surface area contributed by atoms with E-state index in [0.29, 0.717) is 0 Å². The Bertz CT molecular complexity index is 585. The van der Waals surface area contributed by atoms with Gasteiger partial charge >= 0.3 is 0 Å². The van der Waals surface area contributed by atoms with Crippen molar-refractivity contribution in [2.75, 3.05) is 13.1 Å². The molecule has 3 heteroatoms. The van der Waals surface area contributed by atoms with Crippen molar-refractivity contribution in [3.63, 3.8) is 0 Å². The second kappa shape index (κ2) is 5.23. The molecule has 1 aromatic heterocycles. The van der Waals surface area contributed by atoms with Crippen LogP contribution in [-0.2, 0) is 6.42 Å². The molecule has 0 amide bonds. The third-order valence-electron chi connectivity index (χ3n) is 4.60. The van der Waals surface area contributed by atoms with Crippen molar-refractivity contribution in [3.05, 3.63) is 36.0 Å². The van der Waals surface area contributed by atoms with Gasteiger partial charge in [0.15, 0.2) is 0 Å². The van der Waals surface area contributed by atoms with Crippen molar-refractivity contribution in [2.45, 2.75) is 38.8 Å². The number of likely N-dealkylation sites (tertiary alicyclic amines) is 1. The highest BCUT2D eigenvalue weighted by Crippen LogP contribution is 2.26. The minimum absolute atomic E-state index is 0.264. The first-order valence-corrected chi connectivity index (χ1v) is 7.65. The molecule has 3 nitrogen and oxygen atoms in total. The number of nitrogens with one attached hydrogen (secondary N) is 1. The van der Waals surface area contributed by atoms with E-state index in [1.807, 2.05) is 0 Å². The Morgan fingerprint density at radius 3 is 3.00 bits per heavy atom. The Morgan fingerprint density at radius 1 is 1.40 bits per heavy atom. The SMILES string of the molecule is CC1CCCN(C(C)(N)Cc2c[nH]c3ccccc23)C1. The predicted molar refractivity (Wildman–Crippen MR) is 84.6 cm³/mol. The number of hydrogen-bond acceptors (Lipinski definition) is 2. The highest BCUT2D eigenvalue weighted by molar-refractivity contribution is 5.83. The molecular weight excluding hydrogens is 246 g/mol. The lowest BCUT2D eigenvalue weighted by Gasteiger charge is -2.42. The van der Waals surface area contributed by atoms with Crippen LogP contribution < -0.4 is 5.73 Å². The number of aromatic nitrogens is 1. The van der Waals surface area contributed by atoms with Gasteiger partial charge in [-0.1, -0.05) is 25.1 Å². The molecule has 108 valence electrons. The molecule has 1 saturated heterocycles. The average molecular weight is 271 g/mol. The van der Waals surface area contributed by atoms with Crippen LogP contribution >= 0.6 is 0 Å². The van der Waals surface area contributed by atoms with Gasteiger partial charge in [0.25, 0.3) is 0 Å². The van der Waals surface area contributed by atoms with Gasteiger partial charge in [-0.05, 0) is 43.9 Å². The van der Waals surface area contributed by atoms with Crippen LogP contribution in [0, 0.1) is 5.92 Å². The maximum Gasteiger partial charge on any atom is 0.0700 e. The highest BCUT2D eigenvalue weighted by Gasteiger charge is 2.31. The largest absolute Gasteiger partial charge is 0.361 e. The summed E-state index contributed by atoms with van der Waals surface area (Å²) in [6, 6.07) is 8.46. The molecule has 3 rings (SSSR count). The molecule has 0 saturated carbocycles. The van der Waals surface area contributed by atoms with E-state index in [1.165, 1.54) is 29.3 Å². The molecule has 1 aromatic carbocycles. The van der Waals surface area contributed by atoms with Crippen LogP contribution in [0.5, 0.6) is 0 Å². The van der Waals surface area contributed by atoms with E-state index in [4.69, 9.17) is 5.73 Å². The zero-order valence-corrected chi connectivity index (χ0v) is 12.5. The van der Waals surface area contributed by atoms with Crippen molar-refractivity contribution in [1.29, 1.82) is 0 Å². The Balaban J connectivity index is 1.81. The van der Waals surface area contributed by atoms with Crippen molar-refractivity contribution < 1.29 is 0 Å². The van der Waals surface area contributed by atoms with Crippen molar-refractivity contribution in [3.8, 4) is 0 Å². The van der Waals surface area contributed by atoms with Gasteiger partial charge in [0.05, 0.1) is 5.66 Å². The predicted octanol–water partition coefficient (Wildman–Crippen LogP) is 3.12. The summed E-state index contributed by atoms with van der Waals surface area (Å²) < 4.78 is 0. The summed E-state index contributed by atoms with van der Waals surface area (Å²) in [5, 5.41) is 1.30. The molecular formula is C17H25N3. The van der Waals surface area contributed by atoms with Gasteiger partial charge in [0, 0.05) is 30.1 Å². The van der Waals surface area contributed by atoms with Gasteiger partial charge in [0.2, 0.25) is 0 Å².